The van der Waals surface area contributed by atoms with Crippen LogP contribution in [-0.2, 0) is 14.3 Å². The molecule has 0 spiro atoms. The van der Waals surface area contributed by atoms with Crippen LogP contribution in [0.5, 0.6) is 0 Å². The molecule has 4 nitrogen and oxygen atoms in total. The zero-order valence-corrected chi connectivity index (χ0v) is 17.3. The average molecular weight is 371 g/mol. The highest BCUT2D eigenvalue weighted by molar-refractivity contribution is 5.69. The molecule has 0 unspecified atom stereocenters. The van der Waals surface area contributed by atoms with Crippen molar-refractivity contribution in [1.82, 2.24) is 0 Å². The highest BCUT2D eigenvalue weighted by atomic mass is 16.5. The van der Waals surface area contributed by atoms with Gasteiger partial charge in [-0.25, -0.2) is 0 Å². The minimum Gasteiger partial charge on any atom is -0.481 e. The molecule has 26 heavy (non-hydrogen) atoms. The van der Waals surface area contributed by atoms with Gasteiger partial charge in [0.15, 0.2) is 0 Å². The van der Waals surface area contributed by atoms with E-state index >= 15 is 0 Å². The fourth-order valence-corrected chi connectivity index (χ4v) is 3.21. The summed E-state index contributed by atoms with van der Waals surface area (Å²) in [6.07, 6.45) is 16.5. The van der Waals surface area contributed by atoms with E-state index in [0.29, 0.717) is 25.4 Å². The largest absolute Gasteiger partial charge is 0.481 e. The Morgan fingerprint density at radius 1 is 0.731 bits per heavy atom. The molecule has 1 N–H and O–H groups in total. The van der Waals surface area contributed by atoms with Crippen LogP contribution < -0.4 is 0 Å². The second kappa shape index (κ2) is 18.7. The predicted octanol–water partition coefficient (Wildman–Crippen LogP) is 6.51. The molecule has 0 heterocycles. The maximum absolute atomic E-state index is 11.9. The summed E-state index contributed by atoms with van der Waals surface area (Å²) in [6, 6.07) is 0. The SMILES string of the molecule is CCCCCCC(CCCCCC)COC(=O)CCCCCCC(=O)O. The molecule has 0 saturated heterocycles. The Hall–Kier alpha value is -1.06. The predicted molar refractivity (Wildman–Crippen MR) is 107 cm³/mol. The van der Waals surface area contributed by atoms with E-state index in [1.807, 2.05) is 0 Å². The van der Waals surface area contributed by atoms with Gasteiger partial charge in [-0.3, -0.25) is 9.59 Å². The number of unbranched alkanes of at least 4 members (excludes halogenated alkanes) is 9. The lowest BCUT2D eigenvalue weighted by Crippen LogP contribution is -2.14. The van der Waals surface area contributed by atoms with Crippen molar-refractivity contribution in [1.29, 1.82) is 0 Å². The quantitative estimate of drug-likeness (QED) is 0.208. The molecule has 0 aromatic carbocycles. The van der Waals surface area contributed by atoms with E-state index in [1.54, 1.807) is 0 Å². The number of esters is 1. The molecule has 4 heteroatoms. The van der Waals surface area contributed by atoms with Gasteiger partial charge in [0.1, 0.15) is 0 Å². The summed E-state index contributed by atoms with van der Waals surface area (Å²) in [5.74, 6) is -0.313. The Balaban J connectivity index is 3.87. The lowest BCUT2D eigenvalue weighted by Gasteiger charge is -2.17. The second-order valence-electron chi connectivity index (χ2n) is 7.56. The zero-order chi connectivity index (χ0) is 19.5. The van der Waals surface area contributed by atoms with E-state index < -0.39 is 5.97 Å². The topological polar surface area (TPSA) is 63.6 Å². The number of aliphatic carboxylic acids is 1. The summed E-state index contributed by atoms with van der Waals surface area (Å²) in [4.78, 5) is 22.4. The van der Waals surface area contributed by atoms with E-state index in [-0.39, 0.29) is 12.4 Å². The molecule has 0 aliphatic heterocycles. The van der Waals surface area contributed by atoms with Gasteiger partial charge >= 0.3 is 11.9 Å². The number of ether oxygens (including phenoxy) is 1. The Morgan fingerprint density at radius 2 is 1.23 bits per heavy atom. The third kappa shape index (κ3) is 17.8. The molecule has 0 saturated carbocycles. The maximum atomic E-state index is 11.9. The van der Waals surface area contributed by atoms with Gasteiger partial charge in [-0.15, -0.1) is 0 Å². The van der Waals surface area contributed by atoms with Crippen LogP contribution in [0.25, 0.3) is 0 Å². The van der Waals surface area contributed by atoms with Gasteiger partial charge in [-0.1, -0.05) is 78.1 Å². The number of carboxylic acids is 1. The molecule has 0 aliphatic rings. The van der Waals surface area contributed by atoms with Gasteiger partial charge in [0.25, 0.3) is 0 Å². The molecule has 154 valence electrons. The first kappa shape index (κ1) is 24.9. The fourth-order valence-electron chi connectivity index (χ4n) is 3.21. The minimum absolute atomic E-state index is 0.0876. The molecule has 0 aromatic rings. The van der Waals surface area contributed by atoms with E-state index in [0.717, 1.165) is 19.3 Å². The second-order valence-corrected chi connectivity index (χ2v) is 7.56. The van der Waals surface area contributed by atoms with Gasteiger partial charge in [-0.05, 0) is 31.6 Å². The lowest BCUT2D eigenvalue weighted by atomic mass is 9.95. The molecular weight excluding hydrogens is 328 g/mol. The van der Waals surface area contributed by atoms with Gasteiger partial charge in [-0.2, -0.15) is 0 Å². The van der Waals surface area contributed by atoms with Gasteiger partial charge in [0.2, 0.25) is 0 Å². The van der Waals surface area contributed by atoms with Crippen LogP contribution >= 0.6 is 0 Å². The number of hydrogen-bond acceptors (Lipinski definition) is 3. The van der Waals surface area contributed by atoms with Crippen LogP contribution in [-0.4, -0.2) is 23.7 Å². The molecule has 0 aromatic heterocycles. The highest BCUT2D eigenvalue weighted by Crippen LogP contribution is 2.19. The van der Waals surface area contributed by atoms with Crippen molar-refractivity contribution in [2.24, 2.45) is 5.92 Å². The molecule has 0 fully saturated rings. The lowest BCUT2D eigenvalue weighted by molar-refractivity contribution is -0.145. The molecule has 0 aliphatic carbocycles. The smallest absolute Gasteiger partial charge is 0.305 e. The minimum atomic E-state index is -0.742. The Bertz CT molecular complexity index is 329. The summed E-state index contributed by atoms with van der Waals surface area (Å²) in [5, 5.41) is 8.59. The van der Waals surface area contributed by atoms with Crippen molar-refractivity contribution in [3.05, 3.63) is 0 Å². The Morgan fingerprint density at radius 3 is 1.73 bits per heavy atom. The van der Waals surface area contributed by atoms with Gasteiger partial charge in [0.05, 0.1) is 6.61 Å². The van der Waals surface area contributed by atoms with Crippen LogP contribution in [0, 0.1) is 5.92 Å². The number of hydrogen-bond donors (Lipinski definition) is 1. The van der Waals surface area contributed by atoms with Crippen LogP contribution in [0.2, 0.25) is 0 Å². The first-order valence-electron chi connectivity index (χ1n) is 11.0. The van der Waals surface area contributed by atoms with Crippen molar-refractivity contribution in [2.45, 2.75) is 117 Å². The Labute approximate surface area is 161 Å². The van der Waals surface area contributed by atoms with Crippen LogP contribution in [0.15, 0.2) is 0 Å². The van der Waals surface area contributed by atoms with Crippen molar-refractivity contribution in [2.75, 3.05) is 6.61 Å². The van der Waals surface area contributed by atoms with Crippen LogP contribution in [0.3, 0.4) is 0 Å². The van der Waals surface area contributed by atoms with E-state index in [2.05, 4.69) is 13.8 Å². The van der Waals surface area contributed by atoms with Crippen LogP contribution in [0.4, 0.5) is 0 Å². The van der Waals surface area contributed by atoms with E-state index in [4.69, 9.17) is 9.84 Å². The summed E-state index contributed by atoms with van der Waals surface area (Å²) in [6.45, 7) is 5.04. The number of carboxylic acid groups (broad SMARTS) is 1. The molecule has 0 rings (SSSR count). The monoisotopic (exact) mass is 370 g/mol. The normalized spacial score (nSPS) is 11.0. The summed E-state index contributed by atoms with van der Waals surface area (Å²) in [5.41, 5.74) is 0. The van der Waals surface area contributed by atoms with Gasteiger partial charge < -0.3 is 9.84 Å². The third-order valence-corrected chi connectivity index (χ3v) is 4.93. The zero-order valence-electron chi connectivity index (χ0n) is 17.3. The van der Waals surface area contributed by atoms with Crippen molar-refractivity contribution < 1.29 is 19.4 Å². The molecular formula is C22H42O4. The third-order valence-electron chi connectivity index (χ3n) is 4.93. The van der Waals surface area contributed by atoms with Crippen molar-refractivity contribution >= 4 is 11.9 Å². The number of rotatable bonds is 19. The molecule has 0 bridgehead atoms. The molecule has 0 amide bonds. The molecule has 0 radical (unpaired) electrons. The van der Waals surface area contributed by atoms with E-state index in [1.165, 1.54) is 64.2 Å². The summed E-state index contributed by atoms with van der Waals surface area (Å²) in [7, 11) is 0. The fraction of sp³-hybridized carbons (Fsp3) is 0.909. The summed E-state index contributed by atoms with van der Waals surface area (Å²) < 4.78 is 5.53. The number of carbonyl (C=O) groups is 2. The summed E-state index contributed by atoms with van der Waals surface area (Å²) >= 11 is 0. The van der Waals surface area contributed by atoms with Gasteiger partial charge in [0, 0.05) is 12.8 Å². The van der Waals surface area contributed by atoms with Crippen molar-refractivity contribution in [3.8, 4) is 0 Å². The Kier molecular flexibility index (Phi) is 18.0. The average Bonchev–Trinajstić information content (AvgIpc) is 2.62. The first-order valence-corrected chi connectivity index (χ1v) is 11.0. The van der Waals surface area contributed by atoms with Crippen molar-refractivity contribution in [3.63, 3.8) is 0 Å². The maximum Gasteiger partial charge on any atom is 0.305 e. The highest BCUT2D eigenvalue weighted by Gasteiger charge is 2.12. The number of carbonyl (C=O) groups excluding carboxylic acids is 1. The van der Waals surface area contributed by atoms with Crippen LogP contribution in [0.1, 0.15) is 117 Å². The first-order chi connectivity index (χ1) is 12.6. The standard InChI is InChI=1S/C22H42O4/c1-3-5-7-11-15-20(16-12-8-6-4-2)19-26-22(25)18-14-10-9-13-17-21(23)24/h20H,3-19H2,1-2H3,(H,23,24). The van der Waals surface area contributed by atoms with E-state index in [9.17, 15) is 9.59 Å². The molecule has 0 atom stereocenters.